The molecule has 1 aliphatic carbocycles. The third-order valence-electron chi connectivity index (χ3n) is 6.44. The number of nitrogens with zero attached hydrogens (tertiary/aromatic N) is 1. The van der Waals surface area contributed by atoms with Gasteiger partial charge in [-0.05, 0) is 123 Å². The Balaban J connectivity index is 2.21. The summed E-state index contributed by atoms with van der Waals surface area (Å²) in [7, 11) is 2.21. The van der Waals surface area contributed by atoms with Gasteiger partial charge in [-0.25, -0.2) is 0 Å². The maximum absolute atomic E-state index is 3.73. The molecule has 30 heavy (non-hydrogen) atoms. The summed E-state index contributed by atoms with van der Waals surface area (Å²) in [5, 5.41) is 0. The van der Waals surface area contributed by atoms with E-state index in [1.54, 1.807) is 11.1 Å². The van der Waals surface area contributed by atoms with E-state index in [4.69, 9.17) is 0 Å². The van der Waals surface area contributed by atoms with Crippen LogP contribution in [0.25, 0.3) is 0 Å². The quantitative estimate of drug-likeness (QED) is 0.204. The zero-order valence-corrected chi connectivity index (χ0v) is 21.0. The average Bonchev–Trinajstić information content (AvgIpc) is 2.69. The summed E-state index contributed by atoms with van der Waals surface area (Å²) in [4.78, 5) is 2.40. The maximum atomic E-state index is 3.73. The van der Waals surface area contributed by atoms with Gasteiger partial charge in [0.1, 0.15) is 0 Å². The van der Waals surface area contributed by atoms with Crippen LogP contribution < -0.4 is 0 Å². The summed E-state index contributed by atoms with van der Waals surface area (Å²) in [6.07, 6.45) is 20.4. The Morgan fingerprint density at radius 2 is 2.00 bits per heavy atom. The molecule has 0 aromatic rings. The molecule has 0 N–H and O–H groups in total. The highest BCUT2D eigenvalue weighted by Crippen LogP contribution is 2.31. The van der Waals surface area contributed by atoms with Gasteiger partial charge in [-0.1, -0.05) is 48.5 Å². The van der Waals surface area contributed by atoms with E-state index in [0.29, 0.717) is 0 Å². The van der Waals surface area contributed by atoms with Gasteiger partial charge in [0.25, 0.3) is 0 Å². The molecule has 0 spiro atoms. The first kappa shape index (κ1) is 26.7. The highest BCUT2D eigenvalue weighted by atomic mass is 15.1. The van der Waals surface area contributed by atoms with Crippen molar-refractivity contribution < 1.29 is 0 Å². The predicted molar refractivity (Wildman–Crippen MR) is 136 cm³/mol. The van der Waals surface area contributed by atoms with Gasteiger partial charge in [0.05, 0.1) is 0 Å². The van der Waals surface area contributed by atoms with Gasteiger partial charge in [0.15, 0.2) is 0 Å². The Hall–Kier alpha value is -1.30. The fourth-order valence-corrected chi connectivity index (χ4v) is 4.51. The van der Waals surface area contributed by atoms with Gasteiger partial charge in [-0.3, -0.25) is 0 Å². The number of hydrogen-bond acceptors (Lipinski definition) is 1. The van der Waals surface area contributed by atoms with E-state index in [2.05, 4.69) is 77.1 Å². The number of hydrogen-bond donors (Lipinski definition) is 0. The Kier molecular flexibility index (Phi) is 13.8. The van der Waals surface area contributed by atoms with Crippen LogP contribution in [0.1, 0.15) is 98.8 Å². The third-order valence-corrected chi connectivity index (χ3v) is 6.44. The molecule has 0 aliphatic heterocycles. The standard InChI is InChI=1S/C29H49N/c1-8-25(4)23-30(7)21-11-15-27(6)22-29-19-17-28(18-20-29)16-10-14-26(5)13-9-12-24(2)3/h12,14,17,27,29H,1,9-11,13,15-16,18-23H2,2-7H3/b26-14+. The largest absolute Gasteiger partial charge is 0.302 e. The van der Waals surface area contributed by atoms with Crippen LogP contribution in [0.3, 0.4) is 0 Å². The molecule has 170 valence electrons. The van der Waals surface area contributed by atoms with Crippen molar-refractivity contribution in [1.82, 2.24) is 4.90 Å². The molecule has 1 heteroatoms. The molecule has 1 nitrogen and oxygen atoms in total. The summed E-state index contributed by atoms with van der Waals surface area (Å²) in [5.74, 6) is 1.76. The van der Waals surface area contributed by atoms with Crippen molar-refractivity contribution in [2.75, 3.05) is 20.1 Å². The van der Waals surface area contributed by atoms with Gasteiger partial charge in [0.2, 0.25) is 0 Å². The molecule has 0 bridgehead atoms. The molecular formula is C29H49N. The molecule has 0 amide bonds. The SMILES string of the molecule is C=C=C(C)CN(C)CCCC(C)CC1CC=C(CC/C=C(\C)CCC=C(C)C)CC1. The number of likely N-dealkylation sites (N-methyl/N-ethyl adjacent to an activating group) is 1. The van der Waals surface area contributed by atoms with E-state index in [1.807, 2.05) is 0 Å². The molecule has 0 saturated carbocycles. The third kappa shape index (κ3) is 13.1. The lowest BCUT2D eigenvalue weighted by Gasteiger charge is -2.25. The summed E-state index contributed by atoms with van der Waals surface area (Å²) in [5.41, 5.74) is 8.93. The second-order valence-corrected chi connectivity index (χ2v) is 10.1. The van der Waals surface area contributed by atoms with Crippen LogP contribution >= 0.6 is 0 Å². The van der Waals surface area contributed by atoms with Crippen molar-refractivity contribution in [2.24, 2.45) is 11.8 Å². The minimum atomic E-state index is 0.848. The summed E-state index contributed by atoms with van der Waals surface area (Å²) in [6, 6.07) is 0. The lowest BCUT2D eigenvalue weighted by atomic mass is 9.81. The zero-order valence-electron chi connectivity index (χ0n) is 21.0. The first-order chi connectivity index (χ1) is 14.3. The molecule has 2 atom stereocenters. The minimum Gasteiger partial charge on any atom is -0.302 e. The Morgan fingerprint density at radius 1 is 1.23 bits per heavy atom. The van der Waals surface area contributed by atoms with E-state index >= 15 is 0 Å². The van der Waals surface area contributed by atoms with Crippen molar-refractivity contribution in [3.63, 3.8) is 0 Å². The van der Waals surface area contributed by atoms with Crippen LogP contribution in [0.4, 0.5) is 0 Å². The topological polar surface area (TPSA) is 3.24 Å². The van der Waals surface area contributed by atoms with Gasteiger partial charge < -0.3 is 4.90 Å². The van der Waals surface area contributed by atoms with Crippen LogP contribution in [0.15, 0.2) is 52.8 Å². The molecule has 0 heterocycles. The molecule has 0 aromatic carbocycles. The van der Waals surface area contributed by atoms with E-state index in [-0.39, 0.29) is 0 Å². The molecular weight excluding hydrogens is 362 g/mol. The summed E-state index contributed by atoms with van der Waals surface area (Å²) >= 11 is 0. The van der Waals surface area contributed by atoms with Gasteiger partial charge >= 0.3 is 0 Å². The highest BCUT2D eigenvalue weighted by Gasteiger charge is 2.17. The molecule has 2 unspecified atom stereocenters. The van der Waals surface area contributed by atoms with Crippen LogP contribution in [0.2, 0.25) is 0 Å². The van der Waals surface area contributed by atoms with Gasteiger partial charge in [0, 0.05) is 6.54 Å². The molecule has 0 aromatic heterocycles. The molecule has 1 aliphatic rings. The monoisotopic (exact) mass is 411 g/mol. The number of allylic oxidation sites excluding steroid dienone is 6. The molecule has 0 radical (unpaired) electrons. The fraction of sp³-hybridized carbons (Fsp3) is 0.690. The Labute approximate surface area is 188 Å². The Bertz CT molecular complexity index is 623. The van der Waals surface area contributed by atoms with Crippen molar-refractivity contribution in [1.29, 1.82) is 0 Å². The van der Waals surface area contributed by atoms with Gasteiger partial charge in [-0.15, -0.1) is 5.73 Å². The normalized spacial score (nSPS) is 18.0. The first-order valence-electron chi connectivity index (χ1n) is 12.3. The van der Waals surface area contributed by atoms with Crippen molar-refractivity contribution >= 4 is 0 Å². The van der Waals surface area contributed by atoms with Crippen LogP contribution in [0.5, 0.6) is 0 Å². The maximum Gasteiger partial charge on any atom is 0.0262 e. The second-order valence-electron chi connectivity index (χ2n) is 10.1. The number of rotatable bonds is 14. The molecule has 0 saturated heterocycles. The summed E-state index contributed by atoms with van der Waals surface area (Å²) in [6.45, 7) is 17.1. The Morgan fingerprint density at radius 3 is 2.63 bits per heavy atom. The van der Waals surface area contributed by atoms with Crippen LogP contribution in [0, 0.1) is 11.8 Å². The van der Waals surface area contributed by atoms with E-state index in [9.17, 15) is 0 Å². The smallest absolute Gasteiger partial charge is 0.0262 e. The fourth-order valence-electron chi connectivity index (χ4n) is 4.51. The van der Waals surface area contributed by atoms with Crippen molar-refractivity contribution in [3.8, 4) is 0 Å². The molecule has 1 rings (SSSR count). The van der Waals surface area contributed by atoms with Crippen molar-refractivity contribution in [2.45, 2.75) is 98.8 Å². The molecule has 0 fully saturated rings. The predicted octanol–water partition coefficient (Wildman–Crippen LogP) is 8.66. The second kappa shape index (κ2) is 15.5. The van der Waals surface area contributed by atoms with Crippen LogP contribution in [-0.2, 0) is 0 Å². The van der Waals surface area contributed by atoms with E-state index < -0.39 is 0 Å². The highest BCUT2D eigenvalue weighted by molar-refractivity contribution is 5.09. The lowest BCUT2D eigenvalue weighted by molar-refractivity contribution is 0.307. The van der Waals surface area contributed by atoms with E-state index in [1.165, 1.54) is 81.9 Å². The average molecular weight is 412 g/mol. The van der Waals surface area contributed by atoms with Crippen LogP contribution in [-0.4, -0.2) is 25.0 Å². The van der Waals surface area contributed by atoms with E-state index in [0.717, 1.165) is 18.4 Å². The summed E-state index contributed by atoms with van der Waals surface area (Å²) < 4.78 is 0. The lowest BCUT2D eigenvalue weighted by Crippen LogP contribution is -2.22. The first-order valence-corrected chi connectivity index (χ1v) is 12.3. The van der Waals surface area contributed by atoms with Gasteiger partial charge in [-0.2, -0.15) is 0 Å². The van der Waals surface area contributed by atoms with Crippen molar-refractivity contribution in [3.05, 3.63) is 52.8 Å². The minimum absolute atomic E-state index is 0.848. The zero-order chi connectivity index (χ0) is 22.4.